The molecule has 2 rings (SSSR count). The predicted octanol–water partition coefficient (Wildman–Crippen LogP) is 2.52. The Bertz CT molecular complexity index is 580. The number of morpholine rings is 1. The number of hydrogen-bond donors (Lipinski definition) is 0. The van der Waals surface area contributed by atoms with Crippen LogP contribution >= 0.6 is 11.6 Å². The fraction of sp³-hybridized carbons (Fsp3) is 0.538. The van der Waals surface area contributed by atoms with Crippen LogP contribution < -0.4 is 4.90 Å². The Morgan fingerprint density at radius 1 is 1.33 bits per heavy atom. The summed E-state index contributed by atoms with van der Waals surface area (Å²) in [7, 11) is -4.55. The van der Waals surface area contributed by atoms with E-state index in [2.05, 4.69) is 0 Å². The molecule has 21 heavy (non-hydrogen) atoms. The van der Waals surface area contributed by atoms with Crippen LogP contribution in [0.3, 0.4) is 0 Å². The molecular weight excluding hydrogens is 324 g/mol. The van der Waals surface area contributed by atoms with Gasteiger partial charge in [-0.05, 0) is 31.2 Å². The topological polar surface area (TPSA) is 46.6 Å². The maximum absolute atomic E-state index is 12.5. The molecule has 0 saturated carbocycles. The normalized spacial score (nSPS) is 23.6. The molecule has 0 bridgehead atoms. The van der Waals surface area contributed by atoms with E-state index in [1.165, 1.54) is 24.3 Å². The van der Waals surface area contributed by atoms with Gasteiger partial charge in [0.05, 0.1) is 23.0 Å². The van der Waals surface area contributed by atoms with Crippen molar-refractivity contribution in [3.05, 3.63) is 24.3 Å². The molecule has 1 aliphatic rings. The number of benzene rings is 1. The predicted molar refractivity (Wildman–Crippen MR) is 76.9 cm³/mol. The summed E-state index contributed by atoms with van der Waals surface area (Å²) in [5, 5.41) is 0. The second-order valence-electron chi connectivity index (χ2n) is 4.93. The van der Waals surface area contributed by atoms with Gasteiger partial charge in [-0.25, -0.2) is 8.42 Å². The Kier molecular flexibility index (Phi) is 5.06. The molecule has 118 valence electrons. The van der Waals surface area contributed by atoms with Crippen LogP contribution in [0.1, 0.15) is 6.92 Å². The van der Waals surface area contributed by atoms with Crippen LogP contribution in [0.4, 0.5) is 14.5 Å². The molecule has 8 heteroatoms. The van der Waals surface area contributed by atoms with Crippen molar-refractivity contribution in [2.45, 2.75) is 29.8 Å². The molecule has 0 N–H and O–H groups in total. The van der Waals surface area contributed by atoms with Crippen molar-refractivity contribution in [1.29, 1.82) is 0 Å². The third-order valence-corrected chi connectivity index (χ3v) is 5.01. The lowest BCUT2D eigenvalue weighted by Crippen LogP contribution is -2.47. The van der Waals surface area contributed by atoms with Gasteiger partial charge in [-0.3, -0.25) is 0 Å². The van der Waals surface area contributed by atoms with E-state index >= 15 is 0 Å². The second kappa shape index (κ2) is 6.46. The van der Waals surface area contributed by atoms with E-state index in [4.69, 9.17) is 16.3 Å². The summed E-state index contributed by atoms with van der Waals surface area (Å²) in [6, 6.07) is 5.45. The molecule has 1 aliphatic heterocycles. The Hall–Kier alpha value is -0.920. The van der Waals surface area contributed by atoms with Gasteiger partial charge < -0.3 is 9.64 Å². The third-order valence-electron chi connectivity index (χ3n) is 3.26. The largest absolute Gasteiger partial charge is 0.370 e. The number of hydrogen-bond acceptors (Lipinski definition) is 4. The smallest absolute Gasteiger partial charge is 0.341 e. The van der Waals surface area contributed by atoms with Crippen LogP contribution in [0.25, 0.3) is 0 Å². The summed E-state index contributed by atoms with van der Waals surface area (Å²) < 4.78 is 53.3. The molecule has 1 saturated heterocycles. The number of halogens is 3. The standard InChI is InChI=1S/C13H16ClF2NO3S/c1-9-7-17(8-11(6-14)20-9)10-2-4-12(5-3-10)21(18,19)13(15)16/h2-5,9,11,13H,6-8H2,1H3. The maximum atomic E-state index is 12.5. The van der Waals surface area contributed by atoms with Gasteiger partial charge in [0.15, 0.2) is 0 Å². The number of alkyl halides is 3. The molecule has 1 aromatic carbocycles. The van der Waals surface area contributed by atoms with Crippen molar-refractivity contribution in [3.8, 4) is 0 Å². The van der Waals surface area contributed by atoms with E-state index < -0.39 is 15.6 Å². The highest BCUT2D eigenvalue weighted by molar-refractivity contribution is 7.91. The Labute approximate surface area is 127 Å². The van der Waals surface area contributed by atoms with Gasteiger partial charge in [0, 0.05) is 18.8 Å². The average molecular weight is 340 g/mol. The second-order valence-corrected chi connectivity index (χ2v) is 7.15. The average Bonchev–Trinajstić information content (AvgIpc) is 2.46. The van der Waals surface area contributed by atoms with Gasteiger partial charge >= 0.3 is 5.76 Å². The van der Waals surface area contributed by atoms with Crippen molar-refractivity contribution >= 4 is 27.1 Å². The maximum Gasteiger partial charge on any atom is 0.341 e. The summed E-state index contributed by atoms with van der Waals surface area (Å²) >= 11 is 5.80. The minimum absolute atomic E-state index is 0.00743. The van der Waals surface area contributed by atoms with Gasteiger partial charge in [-0.2, -0.15) is 8.78 Å². The lowest BCUT2D eigenvalue weighted by atomic mass is 10.2. The summed E-state index contributed by atoms with van der Waals surface area (Å²) in [6.45, 7) is 3.13. The van der Waals surface area contributed by atoms with Crippen LogP contribution in [0.5, 0.6) is 0 Å². The van der Waals surface area contributed by atoms with Crippen LogP contribution in [0, 0.1) is 0 Å². The van der Waals surface area contributed by atoms with Crippen LogP contribution in [-0.2, 0) is 14.6 Å². The number of nitrogens with zero attached hydrogens (tertiary/aromatic N) is 1. The van der Waals surface area contributed by atoms with E-state index in [-0.39, 0.29) is 17.1 Å². The van der Waals surface area contributed by atoms with Crippen LogP contribution in [-0.4, -0.2) is 45.4 Å². The number of sulfone groups is 1. The van der Waals surface area contributed by atoms with Crippen molar-refractivity contribution in [2.75, 3.05) is 23.9 Å². The Morgan fingerprint density at radius 2 is 1.95 bits per heavy atom. The minimum atomic E-state index is -4.55. The van der Waals surface area contributed by atoms with Crippen molar-refractivity contribution in [1.82, 2.24) is 0 Å². The molecule has 1 aromatic rings. The van der Waals surface area contributed by atoms with E-state index in [1.807, 2.05) is 11.8 Å². The molecule has 0 aromatic heterocycles. The first kappa shape index (κ1) is 16.5. The van der Waals surface area contributed by atoms with Gasteiger partial charge in [-0.1, -0.05) is 0 Å². The molecule has 4 nitrogen and oxygen atoms in total. The lowest BCUT2D eigenvalue weighted by molar-refractivity contribution is -0.00333. The summed E-state index contributed by atoms with van der Waals surface area (Å²) in [5.74, 6) is -3.05. The molecule has 1 heterocycles. The summed E-state index contributed by atoms with van der Waals surface area (Å²) in [6.07, 6.45) is -0.119. The third kappa shape index (κ3) is 3.64. The zero-order chi connectivity index (χ0) is 15.6. The van der Waals surface area contributed by atoms with Crippen molar-refractivity contribution in [3.63, 3.8) is 0 Å². The molecule has 2 atom stereocenters. The highest BCUT2D eigenvalue weighted by atomic mass is 35.5. The zero-order valence-corrected chi connectivity index (χ0v) is 12.9. The molecule has 0 aliphatic carbocycles. The highest BCUT2D eigenvalue weighted by Gasteiger charge is 2.28. The van der Waals surface area contributed by atoms with Gasteiger partial charge in [0.1, 0.15) is 0 Å². The van der Waals surface area contributed by atoms with E-state index in [0.717, 1.165) is 5.69 Å². The van der Waals surface area contributed by atoms with E-state index in [9.17, 15) is 17.2 Å². The van der Waals surface area contributed by atoms with E-state index in [0.29, 0.717) is 19.0 Å². The fourth-order valence-electron chi connectivity index (χ4n) is 2.29. The first-order valence-electron chi connectivity index (χ1n) is 6.43. The first-order valence-corrected chi connectivity index (χ1v) is 8.51. The van der Waals surface area contributed by atoms with Crippen LogP contribution in [0.15, 0.2) is 29.2 Å². The number of anilines is 1. The minimum Gasteiger partial charge on any atom is -0.370 e. The Morgan fingerprint density at radius 3 is 2.48 bits per heavy atom. The molecule has 0 amide bonds. The van der Waals surface area contributed by atoms with Gasteiger partial charge in [-0.15, -0.1) is 11.6 Å². The summed E-state index contributed by atoms with van der Waals surface area (Å²) in [4.78, 5) is 1.62. The number of rotatable bonds is 4. The van der Waals surface area contributed by atoms with Crippen LogP contribution in [0.2, 0.25) is 0 Å². The molecule has 0 spiro atoms. The highest BCUT2D eigenvalue weighted by Crippen LogP contribution is 2.24. The van der Waals surface area contributed by atoms with Crippen molar-refractivity contribution in [2.24, 2.45) is 0 Å². The molecular formula is C13H16ClF2NO3S. The van der Waals surface area contributed by atoms with Crippen molar-refractivity contribution < 1.29 is 21.9 Å². The number of ether oxygens (including phenoxy) is 1. The fourth-order valence-corrected chi connectivity index (χ4v) is 3.18. The van der Waals surface area contributed by atoms with Gasteiger partial charge in [0.2, 0.25) is 9.84 Å². The van der Waals surface area contributed by atoms with E-state index in [1.54, 1.807) is 0 Å². The molecule has 0 radical (unpaired) electrons. The zero-order valence-electron chi connectivity index (χ0n) is 11.4. The Balaban J connectivity index is 2.19. The summed E-state index contributed by atoms with van der Waals surface area (Å²) in [5.41, 5.74) is 0.758. The SMILES string of the molecule is CC1CN(c2ccc(S(=O)(=O)C(F)F)cc2)CC(CCl)O1. The van der Waals surface area contributed by atoms with Gasteiger partial charge in [0.25, 0.3) is 0 Å². The molecule has 2 unspecified atom stereocenters. The lowest BCUT2D eigenvalue weighted by Gasteiger charge is -2.37. The quantitative estimate of drug-likeness (QED) is 0.791. The molecule has 1 fully saturated rings. The monoisotopic (exact) mass is 339 g/mol. The first-order chi connectivity index (χ1) is 9.84.